The largest absolute Gasteiger partial charge is 0.393 e. The quantitative estimate of drug-likeness (QED) is 0.606. The Hall–Kier alpha value is -0.120. The zero-order valence-electron chi connectivity index (χ0n) is 8.42. The van der Waals surface area contributed by atoms with Gasteiger partial charge in [-0.2, -0.15) is 0 Å². The molecule has 1 unspecified atom stereocenters. The molecular weight excluding hydrogens is 166 g/mol. The maximum atomic E-state index is 9.54. The maximum Gasteiger partial charge on any atom is 0.0972 e. The van der Waals surface area contributed by atoms with E-state index in [1.807, 2.05) is 0 Å². The molecule has 0 radical (unpaired) electrons. The van der Waals surface area contributed by atoms with Crippen LogP contribution in [-0.2, 0) is 0 Å². The normalized spacial score (nSPS) is 24.2. The molecule has 0 spiro atoms. The van der Waals surface area contributed by atoms with Crippen molar-refractivity contribution in [2.24, 2.45) is 0 Å². The first kappa shape index (κ1) is 11.0. The van der Waals surface area contributed by atoms with Gasteiger partial charge in [-0.1, -0.05) is 19.3 Å². The second kappa shape index (κ2) is 4.94. The molecular formula is C10H21NO2. The van der Waals surface area contributed by atoms with Gasteiger partial charge in [0.1, 0.15) is 0 Å². The van der Waals surface area contributed by atoms with Crippen molar-refractivity contribution in [2.45, 2.75) is 50.7 Å². The van der Waals surface area contributed by atoms with Crippen LogP contribution in [0.3, 0.4) is 0 Å². The van der Waals surface area contributed by atoms with Gasteiger partial charge >= 0.3 is 0 Å². The van der Waals surface area contributed by atoms with Crippen molar-refractivity contribution in [1.82, 2.24) is 5.32 Å². The topological polar surface area (TPSA) is 52.5 Å². The summed E-state index contributed by atoms with van der Waals surface area (Å²) in [5, 5.41) is 21.7. The molecule has 78 valence electrons. The van der Waals surface area contributed by atoms with Gasteiger partial charge in [-0.25, -0.2) is 0 Å². The number of rotatable bonds is 4. The second-order valence-corrected chi connectivity index (χ2v) is 4.37. The van der Waals surface area contributed by atoms with E-state index in [-0.39, 0.29) is 6.61 Å². The van der Waals surface area contributed by atoms with E-state index < -0.39 is 5.60 Å². The van der Waals surface area contributed by atoms with E-state index in [1.165, 1.54) is 32.1 Å². The fourth-order valence-electron chi connectivity index (χ4n) is 1.73. The highest BCUT2D eigenvalue weighted by atomic mass is 16.3. The van der Waals surface area contributed by atoms with Gasteiger partial charge in [-0.15, -0.1) is 0 Å². The Labute approximate surface area is 80.2 Å². The number of hydrogen-bond donors (Lipinski definition) is 3. The molecule has 0 aromatic rings. The first-order valence-corrected chi connectivity index (χ1v) is 5.21. The first-order valence-electron chi connectivity index (χ1n) is 5.21. The SMILES string of the molecule is CC(O)(CO)CNC1CCCCC1. The molecule has 1 aliphatic carbocycles. The van der Waals surface area contributed by atoms with Crippen molar-refractivity contribution in [1.29, 1.82) is 0 Å². The summed E-state index contributed by atoms with van der Waals surface area (Å²) in [5.41, 5.74) is -0.961. The van der Waals surface area contributed by atoms with Crippen molar-refractivity contribution >= 4 is 0 Å². The van der Waals surface area contributed by atoms with Crippen LogP contribution in [-0.4, -0.2) is 35.0 Å². The maximum absolute atomic E-state index is 9.54. The monoisotopic (exact) mass is 187 g/mol. The molecule has 13 heavy (non-hydrogen) atoms. The Morgan fingerprint density at radius 2 is 1.92 bits per heavy atom. The van der Waals surface area contributed by atoms with Crippen LogP contribution in [0.1, 0.15) is 39.0 Å². The minimum atomic E-state index is -0.961. The third-order valence-electron chi connectivity index (χ3n) is 2.72. The van der Waals surface area contributed by atoms with Crippen LogP contribution in [0.4, 0.5) is 0 Å². The molecule has 1 fully saturated rings. The number of hydrogen-bond acceptors (Lipinski definition) is 3. The lowest BCUT2D eigenvalue weighted by atomic mass is 9.95. The number of aliphatic hydroxyl groups excluding tert-OH is 1. The van der Waals surface area contributed by atoms with E-state index >= 15 is 0 Å². The predicted octanol–water partition coefficient (Wildman–Crippen LogP) is 0.652. The average molecular weight is 187 g/mol. The lowest BCUT2D eigenvalue weighted by Gasteiger charge is -2.27. The van der Waals surface area contributed by atoms with Gasteiger partial charge in [-0.3, -0.25) is 0 Å². The molecule has 0 aliphatic heterocycles. The van der Waals surface area contributed by atoms with Gasteiger partial charge in [0.25, 0.3) is 0 Å². The van der Waals surface area contributed by atoms with Crippen molar-refractivity contribution < 1.29 is 10.2 Å². The van der Waals surface area contributed by atoms with Crippen molar-refractivity contribution in [3.05, 3.63) is 0 Å². The highest BCUT2D eigenvalue weighted by Gasteiger charge is 2.21. The van der Waals surface area contributed by atoms with E-state index in [4.69, 9.17) is 5.11 Å². The van der Waals surface area contributed by atoms with Crippen molar-refractivity contribution in [3.63, 3.8) is 0 Å². The van der Waals surface area contributed by atoms with Crippen molar-refractivity contribution in [3.8, 4) is 0 Å². The molecule has 1 atom stereocenters. The Kier molecular flexibility index (Phi) is 4.16. The van der Waals surface area contributed by atoms with Crippen LogP contribution in [0.15, 0.2) is 0 Å². The van der Waals surface area contributed by atoms with Crippen LogP contribution in [0.25, 0.3) is 0 Å². The fourth-order valence-corrected chi connectivity index (χ4v) is 1.73. The van der Waals surface area contributed by atoms with E-state index in [0.717, 1.165) is 0 Å². The van der Waals surface area contributed by atoms with Crippen LogP contribution < -0.4 is 5.32 Å². The molecule has 0 aromatic heterocycles. The molecule has 1 rings (SSSR count). The van der Waals surface area contributed by atoms with E-state index in [0.29, 0.717) is 12.6 Å². The third kappa shape index (κ3) is 4.07. The Morgan fingerprint density at radius 3 is 2.46 bits per heavy atom. The summed E-state index contributed by atoms with van der Waals surface area (Å²) in [6, 6.07) is 0.548. The second-order valence-electron chi connectivity index (χ2n) is 4.37. The van der Waals surface area contributed by atoms with Gasteiger partial charge in [0.2, 0.25) is 0 Å². The van der Waals surface area contributed by atoms with E-state index in [2.05, 4.69) is 5.32 Å². The highest BCUT2D eigenvalue weighted by Crippen LogP contribution is 2.17. The standard InChI is InChI=1S/C10H21NO2/c1-10(13,8-12)7-11-9-5-3-2-4-6-9/h9,11-13H,2-8H2,1H3. The van der Waals surface area contributed by atoms with E-state index in [9.17, 15) is 5.11 Å². The number of aliphatic hydroxyl groups is 2. The molecule has 3 heteroatoms. The summed E-state index contributed by atoms with van der Waals surface area (Å²) in [4.78, 5) is 0. The third-order valence-corrected chi connectivity index (χ3v) is 2.72. The highest BCUT2D eigenvalue weighted by molar-refractivity contribution is 4.79. The van der Waals surface area contributed by atoms with Crippen LogP contribution in [0.2, 0.25) is 0 Å². The zero-order chi connectivity index (χ0) is 9.73. The molecule has 3 N–H and O–H groups in total. The zero-order valence-corrected chi connectivity index (χ0v) is 8.42. The minimum absolute atomic E-state index is 0.174. The Bertz CT molecular complexity index is 142. The summed E-state index contributed by atoms with van der Waals surface area (Å²) < 4.78 is 0. The summed E-state index contributed by atoms with van der Waals surface area (Å²) >= 11 is 0. The lowest BCUT2D eigenvalue weighted by Crippen LogP contribution is -2.45. The molecule has 0 saturated heterocycles. The lowest BCUT2D eigenvalue weighted by molar-refractivity contribution is -0.0000888. The summed E-state index contributed by atoms with van der Waals surface area (Å²) in [5.74, 6) is 0. The van der Waals surface area contributed by atoms with Crippen molar-refractivity contribution in [2.75, 3.05) is 13.2 Å². The first-order chi connectivity index (χ1) is 6.14. The van der Waals surface area contributed by atoms with Gasteiger partial charge in [0, 0.05) is 12.6 Å². The Morgan fingerprint density at radius 1 is 1.31 bits per heavy atom. The van der Waals surface area contributed by atoms with Gasteiger partial charge < -0.3 is 15.5 Å². The minimum Gasteiger partial charge on any atom is -0.393 e. The molecule has 0 bridgehead atoms. The smallest absolute Gasteiger partial charge is 0.0972 e. The average Bonchev–Trinajstić information content (AvgIpc) is 2.17. The van der Waals surface area contributed by atoms with Crippen LogP contribution in [0.5, 0.6) is 0 Å². The van der Waals surface area contributed by atoms with Gasteiger partial charge in [-0.05, 0) is 19.8 Å². The summed E-state index contributed by atoms with van der Waals surface area (Å²) in [6.45, 7) is 1.98. The van der Waals surface area contributed by atoms with Gasteiger partial charge in [0.05, 0.1) is 12.2 Å². The molecule has 3 nitrogen and oxygen atoms in total. The fraction of sp³-hybridized carbons (Fsp3) is 1.00. The van der Waals surface area contributed by atoms with Crippen LogP contribution >= 0.6 is 0 Å². The molecule has 1 aliphatic rings. The predicted molar refractivity (Wildman–Crippen MR) is 52.6 cm³/mol. The molecule has 0 heterocycles. The van der Waals surface area contributed by atoms with Gasteiger partial charge in [0.15, 0.2) is 0 Å². The molecule has 1 saturated carbocycles. The van der Waals surface area contributed by atoms with Crippen LogP contribution in [0, 0.1) is 0 Å². The summed E-state index contributed by atoms with van der Waals surface area (Å²) in [7, 11) is 0. The molecule has 0 amide bonds. The van der Waals surface area contributed by atoms with E-state index in [1.54, 1.807) is 6.92 Å². The number of nitrogens with one attached hydrogen (secondary N) is 1. The summed E-state index contributed by atoms with van der Waals surface area (Å²) in [6.07, 6.45) is 6.34. The molecule has 0 aromatic carbocycles. The Balaban J connectivity index is 2.17.